The van der Waals surface area contributed by atoms with Crippen LogP contribution in [0.15, 0.2) is 41.3 Å². The van der Waals surface area contributed by atoms with Crippen LogP contribution in [0.3, 0.4) is 0 Å². The van der Waals surface area contributed by atoms with Crippen molar-refractivity contribution < 1.29 is 8.42 Å². The van der Waals surface area contributed by atoms with E-state index in [9.17, 15) is 8.42 Å². The van der Waals surface area contributed by atoms with E-state index >= 15 is 0 Å². The molecule has 0 amide bonds. The maximum absolute atomic E-state index is 12.5. The van der Waals surface area contributed by atoms with Crippen LogP contribution >= 0.6 is 0 Å². The molecule has 1 N–H and O–H groups in total. The second-order valence-corrected chi connectivity index (χ2v) is 7.93. The highest BCUT2D eigenvalue weighted by atomic mass is 32.2. The molecule has 2 saturated carbocycles. The Morgan fingerprint density at radius 3 is 2.45 bits per heavy atom. The van der Waals surface area contributed by atoms with Crippen LogP contribution in [0.5, 0.6) is 0 Å². The van der Waals surface area contributed by atoms with Gasteiger partial charge in [0.25, 0.3) is 0 Å². The summed E-state index contributed by atoms with van der Waals surface area (Å²) in [5, 5.41) is 0. The molecule has 2 bridgehead atoms. The molecule has 3 nitrogen and oxygen atoms in total. The Labute approximate surface area is 121 Å². The summed E-state index contributed by atoms with van der Waals surface area (Å²) in [4.78, 5) is 0.376. The molecule has 0 aromatic heterocycles. The van der Waals surface area contributed by atoms with Gasteiger partial charge in [0.05, 0.1) is 4.90 Å². The van der Waals surface area contributed by atoms with Crippen molar-refractivity contribution in [3.63, 3.8) is 0 Å². The van der Waals surface area contributed by atoms with Gasteiger partial charge in [-0.15, -0.1) is 0 Å². The normalized spacial score (nSPS) is 29.6. The first-order valence-corrected chi connectivity index (χ1v) is 8.70. The van der Waals surface area contributed by atoms with Gasteiger partial charge >= 0.3 is 0 Å². The first-order chi connectivity index (χ1) is 9.45. The number of aryl methyl sites for hydroxylation is 1. The van der Waals surface area contributed by atoms with Crippen molar-refractivity contribution in [2.45, 2.75) is 43.5 Å². The third-order valence-electron chi connectivity index (χ3n) is 4.62. The van der Waals surface area contributed by atoms with Crippen LogP contribution in [0.1, 0.15) is 31.2 Å². The summed E-state index contributed by atoms with van der Waals surface area (Å²) >= 11 is 0. The second-order valence-electron chi connectivity index (χ2n) is 6.22. The van der Waals surface area contributed by atoms with Gasteiger partial charge in [-0.25, -0.2) is 13.1 Å². The highest BCUT2D eigenvalue weighted by Gasteiger charge is 2.42. The van der Waals surface area contributed by atoms with Crippen molar-refractivity contribution >= 4 is 10.0 Å². The van der Waals surface area contributed by atoms with Gasteiger partial charge in [0.2, 0.25) is 10.0 Å². The van der Waals surface area contributed by atoms with Gasteiger partial charge in [-0.05, 0) is 62.1 Å². The van der Waals surface area contributed by atoms with Crippen LogP contribution in [-0.4, -0.2) is 14.5 Å². The van der Waals surface area contributed by atoms with Crippen LogP contribution in [0.2, 0.25) is 0 Å². The molecule has 108 valence electrons. The fourth-order valence-corrected chi connectivity index (χ4v) is 5.16. The highest BCUT2D eigenvalue weighted by molar-refractivity contribution is 7.89. The van der Waals surface area contributed by atoms with Crippen molar-refractivity contribution in [3.05, 3.63) is 42.0 Å². The lowest BCUT2D eigenvalue weighted by Gasteiger charge is -2.31. The number of hydrogen-bond donors (Lipinski definition) is 1. The largest absolute Gasteiger partial charge is 0.240 e. The molecule has 20 heavy (non-hydrogen) atoms. The van der Waals surface area contributed by atoms with E-state index in [1.807, 2.05) is 13.0 Å². The minimum Gasteiger partial charge on any atom is -0.207 e. The lowest BCUT2D eigenvalue weighted by molar-refractivity contribution is 0.332. The molecule has 1 aromatic carbocycles. The predicted molar refractivity (Wildman–Crippen MR) is 79.9 cm³/mol. The molecular weight excluding hydrogens is 270 g/mol. The van der Waals surface area contributed by atoms with Gasteiger partial charge in [0.15, 0.2) is 0 Å². The second kappa shape index (κ2) is 5.01. The number of allylic oxidation sites excluding steroid dienone is 1. The van der Waals surface area contributed by atoms with Crippen molar-refractivity contribution in [2.24, 2.45) is 11.8 Å². The van der Waals surface area contributed by atoms with Crippen molar-refractivity contribution in [1.82, 2.24) is 4.72 Å². The van der Waals surface area contributed by atoms with Crippen molar-refractivity contribution in [1.29, 1.82) is 0 Å². The van der Waals surface area contributed by atoms with Gasteiger partial charge in [-0.2, -0.15) is 0 Å². The predicted octanol–water partition coefficient (Wildman–Crippen LogP) is 3.02. The lowest BCUT2D eigenvalue weighted by atomic mass is 9.82. The first kappa shape index (κ1) is 13.8. The Balaban J connectivity index is 1.82. The highest BCUT2D eigenvalue weighted by Crippen LogP contribution is 2.44. The maximum atomic E-state index is 12.5. The molecular formula is C16H21NO2S. The standard InChI is InChI=1S/C16H21NO2S/c1-11-4-3-5-15(10-11)20(18,19)17-16-13-6-7-14(16)9-12(2)8-13/h3-5,10,13-14,16-17H,2,6-9H2,1H3. The van der Waals surface area contributed by atoms with Gasteiger partial charge in [0.1, 0.15) is 0 Å². The number of fused-ring (bicyclic) bond motifs is 2. The van der Waals surface area contributed by atoms with E-state index in [0.717, 1.165) is 31.2 Å². The van der Waals surface area contributed by atoms with Crippen LogP contribution in [0.25, 0.3) is 0 Å². The lowest BCUT2D eigenvalue weighted by Crippen LogP contribution is -2.43. The zero-order valence-electron chi connectivity index (χ0n) is 11.8. The zero-order valence-corrected chi connectivity index (χ0v) is 12.6. The molecule has 2 atom stereocenters. The molecule has 0 heterocycles. The molecule has 4 heteroatoms. The Morgan fingerprint density at radius 2 is 1.85 bits per heavy atom. The maximum Gasteiger partial charge on any atom is 0.240 e. The molecule has 0 spiro atoms. The molecule has 0 aliphatic heterocycles. The van der Waals surface area contributed by atoms with Gasteiger partial charge in [0, 0.05) is 6.04 Å². The summed E-state index contributed by atoms with van der Waals surface area (Å²) in [7, 11) is -3.41. The summed E-state index contributed by atoms with van der Waals surface area (Å²) in [6.45, 7) is 5.99. The topological polar surface area (TPSA) is 46.2 Å². The Kier molecular flexibility index (Phi) is 3.46. The molecule has 3 rings (SSSR count). The van der Waals surface area contributed by atoms with Gasteiger partial charge in [-0.3, -0.25) is 0 Å². The zero-order chi connectivity index (χ0) is 14.3. The smallest absolute Gasteiger partial charge is 0.207 e. The third-order valence-corrected chi connectivity index (χ3v) is 6.07. The SMILES string of the molecule is C=C1CC2CCC(C1)C2NS(=O)(=O)c1cccc(C)c1. The monoisotopic (exact) mass is 291 g/mol. The van der Waals surface area contributed by atoms with E-state index in [2.05, 4.69) is 11.3 Å². The van der Waals surface area contributed by atoms with Crippen molar-refractivity contribution in [2.75, 3.05) is 0 Å². The average Bonchev–Trinajstić information content (AvgIpc) is 2.61. The number of hydrogen-bond acceptors (Lipinski definition) is 2. The number of benzene rings is 1. The summed E-state index contributed by atoms with van der Waals surface area (Å²) in [6.07, 6.45) is 4.17. The van der Waals surface area contributed by atoms with Crippen molar-refractivity contribution in [3.8, 4) is 0 Å². The first-order valence-electron chi connectivity index (χ1n) is 7.21. The van der Waals surface area contributed by atoms with E-state index in [1.54, 1.807) is 18.2 Å². The van der Waals surface area contributed by atoms with E-state index in [-0.39, 0.29) is 6.04 Å². The van der Waals surface area contributed by atoms with E-state index < -0.39 is 10.0 Å². The van der Waals surface area contributed by atoms with Crippen LogP contribution in [-0.2, 0) is 10.0 Å². The Morgan fingerprint density at radius 1 is 1.20 bits per heavy atom. The molecule has 2 unspecified atom stereocenters. The molecule has 0 saturated heterocycles. The van der Waals surface area contributed by atoms with Crippen LogP contribution < -0.4 is 4.72 Å². The van der Waals surface area contributed by atoms with E-state index in [4.69, 9.17) is 0 Å². The molecule has 2 aliphatic carbocycles. The molecule has 0 radical (unpaired) electrons. The minimum absolute atomic E-state index is 0.0889. The van der Waals surface area contributed by atoms with E-state index in [1.165, 1.54) is 5.57 Å². The number of sulfonamides is 1. The third kappa shape index (κ3) is 2.54. The fraction of sp³-hybridized carbons (Fsp3) is 0.500. The van der Waals surface area contributed by atoms with Crippen LogP contribution in [0, 0.1) is 18.8 Å². The Bertz CT molecular complexity index is 620. The molecule has 2 aliphatic rings. The minimum atomic E-state index is -3.41. The Hall–Kier alpha value is -1.13. The van der Waals surface area contributed by atoms with E-state index in [0.29, 0.717) is 16.7 Å². The quantitative estimate of drug-likeness (QED) is 0.870. The molecule has 2 fully saturated rings. The average molecular weight is 291 g/mol. The summed E-state index contributed by atoms with van der Waals surface area (Å²) in [6, 6.07) is 7.19. The number of nitrogens with one attached hydrogen (secondary N) is 1. The molecule has 1 aromatic rings. The summed E-state index contributed by atoms with van der Waals surface area (Å²) < 4.78 is 28.0. The fourth-order valence-electron chi connectivity index (χ4n) is 3.68. The van der Waals surface area contributed by atoms with Crippen LogP contribution in [0.4, 0.5) is 0 Å². The number of rotatable bonds is 3. The summed E-state index contributed by atoms with van der Waals surface area (Å²) in [5.74, 6) is 0.863. The summed E-state index contributed by atoms with van der Waals surface area (Å²) in [5.41, 5.74) is 2.25. The van der Waals surface area contributed by atoms with Gasteiger partial charge < -0.3 is 0 Å². The van der Waals surface area contributed by atoms with Gasteiger partial charge in [-0.1, -0.05) is 24.3 Å².